The van der Waals surface area contributed by atoms with E-state index in [1.54, 1.807) is 24.3 Å². The van der Waals surface area contributed by atoms with Crippen molar-refractivity contribution in [3.05, 3.63) is 65.2 Å². The monoisotopic (exact) mass is 260 g/mol. The van der Waals surface area contributed by atoms with Crippen molar-refractivity contribution >= 4 is 17.4 Å². The summed E-state index contributed by atoms with van der Waals surface area (Å²) in [6.45, 7) is 0.355. The van der Waals surface area contributed by atoms with E-state index in [1.165, 1.54) is 0 Å². The Bertz CT molecular complexity index is 523. The minimum atomic E-state index is -0.00321. The van der Waals surface area contributed by atoms with E-state index in [0.29, 0.717) is 23.6 Å². The van der Waals surface area contributed by atoms with E-state index >= 15 is 0 Å². The Morgan fingerprint density at radius 1 is 1.00 bits per heavy atom. The van der Waals surface area contributed by atoms with Gasteiger partial charge in [-0.15, -0.1) is 0 Å². The number of hydrogen-bond acceptors (Lipinski definition) is 2. The van der Waals surface area contributed by atoms with Crippen LogP contribution in [0.15, 0.2) is 54.6 Å². The molecule has 0 unspecified atom stereocenters. The van der Waals surface area contributed by atoms with Crippen molar-refractivity contribution < 1.29 is 9.53 Å². The molecule has 3 heteroatoms. The lowest BCUT2D eigenvalue weighted by Gasteiger charge is -2.06. The summed E-state index contributed by atoms with van der Waals surface area (Å²) in [5, 5.41) is 0.488. The summed E-state index contributed by atoms with van der Waals surface area (Å²) in [7, 11) is 0. The van der Waals surface area contributed by atoms with Crippen molar-refractivity contribution in [2.75, 3.05) is 6.61 Å². The van der Waals surface area contributed by atoms with Crippen LogP contribution in [0.4, 0.5) is 0 Å². The zero-order chi connectivity index (χ0) is 12.8. The van der Waals surface area contributed by atoms with E-state index in [9.17, 15) is 4.79 Å². The van der Waals surface area contributed by atoms with Gasteiger partial charge in [-0.05, 0) is 24.3 Å². The van der Waals surface area contributed by atoms with Gasteiger partial charge in [-0.2, -0.15) is 0 Å². The van der Waals surface area contributed by atoms with E-state index in [1.807, 2.05) is 30.3 Å². The van der Waals surface area contributed by atoms with E-state index < -0.39 is 0 Å². The van der Waals surface area contributed by atoms with Crippen molar-refractivity contribution in [2.45, 2.75) is 6.42 Å². The molecule has 0 aliphatic rings. The van der Waals surface area contributed by atoms with Gasteiger partial charge < -0.3 is 4.74 Å². The minimum absolute atomic E-state index is 0.00321. The molecule has 0 spiro atoms. The van der Waals surface area contributed by atoms with Crippen LogP contribution >= 0.6 is 11.6 Å². The zero-order valence-electron chi connectivity index (χ0n) is 9.80. The number of hydrogen-bond donors (Lipinski definition) is 0. The highest BCUT2D eigenvalue weighted by molar-refractivity contribution is 6.33. The standard InChI is InChI=1S/C15H13ClO2/c16-14-9-5-4-8-13(14)15(17)10-11-18-12-6-2-1-3-7-12/h1-9H,10-11H2. The molecule has 0 aliphatic carbocycles. The molecule has 92 valence electrons. The molecular formula is C15H13ClO2. The summed E-state index contributed by atoms with van der Waals surface area (Å²) in [6, 6.07) is 16.5. The van der Waals surface area contributed by atoms with Crippen molar-refractivity contribution in [2.24, 2.45) is 0 Å². The molecule has 2 rings (SSSR count). The molecule has 0 fully saturated rings. The van der Waals surface area contributed by atoms with Crippen molar-refractivity contribution in [3.8, 4) is 5.75 Å². The molecule has 0 radical (unpaired) electrons. The SMILES string of the molecule is O=C(CCOc1ccccc1)c1ccccc1Cl. The summed E-state index contributed by atoms with van der Waals surface area (Å²) in [5.74, 6) is 0.765. The van der Waals surface area contributed by atoms with Crippen LogP contribution in [-0.4, -0.2) is 12.4 Å². The van der Waals surface area contributed by atoms with E-state index in [4.69, 9.17) is 16.3 Å². The van der Waals surface area contributed by atoms with Crippen molar-refractivity contribution in [3.63, 3.8) is 0 Å². The first-order valence-corrected chi connectivity index (χ1v) is 6.11. The number of carbonyl (C=O) groups is 1. The normalized spacial score (nSPS) is 10.1. The van der Waals surface area contributed by atoms with Gasteiger partial charge in [0, 0.05) is 12.0 Å². The highest BCUT2D eigenvalue weighted by Gasteiger charge is 2.09. The molecule has 2 aromatic carbocycles. The third kappa shape index (κ3) is 3.34. The van der Waals surface area contributed by atoms with Crippen molar-refractivity contribution in [1.29, 1.82) is 0 Å². The van der Waals surface area contributed by atoms with Gasteiger partial charge in [-0.1, -0.05) is 41.9 Å². The van der Waals surface area contributed by atoms with Gasteiger partial charge in [-0.3, -0.25) is 4.79 Å². The van der Waals surface area contributed by atoms with Gasteiger partial charge in [0.05, 0.1) is 11.6 Å². The maximum absolute atomic E-state index is 11.9. The lowest BCUT2D eigenvalue weighted by Crippen LogP contribution is -2.07. The predicted octanol–water partition coefficient (Wildman–Crippen LogP) is 3.99. The number of Topliss-reactive ketones (excluding diaryl/α,β-unsaturated/α-hetero) is 1. The zero-order valence-corrected chi connectivity index (χ0v) is 10.6. The van der Waals surface area contributed by atoms with Gasteiger partial charge in [0.2, 0.25) is 0 Å². The lowest BCUT2D eigenvalue weighted by atomic mass is 10.1. The summed E-state index contributed by atoms with van der Waals surface area (Å²) >= 11 is 5.95. The van der Waals surface area contributed by atoms with Crippen LogP contribution in [0.25, 0.3) is 0 Å². The first-order valence-electron chi connectivity index (χ1n) is 5.73. The Morgan fingerprint density at radius 2 is 1.67 bits per heavy atom. The Labute approximate surface area is 111 Å². The minimum Gasteiger partial charge on any atom is -0.493 e. The smallest absolute Gasteiger partial charge is 0.167 e. The Hall–Kier alpha value is -1.80. The van der Waals surface area contributed by atoms with E-state index in [2.05, 4.69) is 0 Å². The molecule has 2 aromatic rings. The lowest BCUT2D eigenvalue weighted by molar-refractivity contribution is 0.0962. The molecule has 0 heterocycles. The fraction of sp³-hybridized carbons (Fsp3) is 0.133. The van der Waals surface area contributed by atoms with Crippen LogP contribution in [0.1, 0.15) is 16.8 Å². The predicted molar refractivity (Wildman–Crippen MR) is 72.3 cm³/mol. The van der Waals surface area contributed by atoms with Crippen LogP contribution < -0.4 is 4.74 Å². The Kier molecular flexibility index (Phi) is 4.37. The quantitative estimate of drug-likeness (QED) is 0.760. The van der Waals surface area contributed by atoms with Crippen LogP contribution in [0.3, 0.4) is 0 Å². The third-order valence-electron chi connectivity index (χ3n) is 2.52. The first-order chi connectivity index (χ1) is 8.77. The molecule has 0 aromatic heterocycles. The summed E-state index contributed by atoms with van der Waals surface area (Å²) in [6.07, 6.45) is 0.318. The average molecular weight is 261 g/mol. The second kappa shape index (κ2) is 6.22. The number of para-hydroxylation sites is 1. The summed E-state index contributed by atoms with van der Waals surface area (Å²) in [5.41, 5.74) is 0.552. The van der Waals surface area contributed by atoms with Gasteiger partial charge in [0.25, 0.3) is 0 Å². The van der Waals surface area contributed by atoms with Gasteiger partial charge >= 0.3 is 0 Å². The molecule has 2 nitrogen and oxygen atoms in total. The number of carbonyl (C=O) groups excluding carboxylic acids is 1. The topological polar surface area (TPSA) is 26.3 Å². The average Bonchev–Trinajstić information content (AvgIpc) is 2.40. The fourth-order valence-corrected chi connectivity index (χ4v) is 1.84. The maximum Gasteiger partial charge on any atom is 0.167 e. The molecule has 0 N–H and O–H groups in total. The van der Waals surface area contributed by atoms with Gasteiger partial charge in [-0.25, -0.2) is 0 Å². The first kappa shape index (κ1) is 12.7. The molecule has 0 saturated carbocycles. The molecule has 0 saturated heterocycles. The molecule has 0 atom stereocenters. The van der Waals surface area contributed by atoms with Gasteiger partial charge in [0.15, 0.2) is 5.78 Å². The highest BCUT2D eigenvalue weighted by atomic mass is 35.5. The highest BCUT2D eigenvalue weighted by Crippen LogP contribution is 2.17. The van der Waals surface area contributed by atoms with Crippen LogP contribution in [-0.2, 0) is 0 Å². The van der Waals surface area contributed by atoms with Crippen LogP contribution in [0.2, 0.25) is 5.02 Å². The van der Waals surface area contributed by atoms with Crippen LogP contribution in [0, 0.1) is 0 Å². The Morgan fingerprint density at radius 3 is 2.39 bits per heavy atom. The fourth-order valence-electron chi connectivity index (χ4n) is 1.60. The summed E-state index contributed by atoms with van der Waals surface area (Å²) < 4.78 is 5.47. The van der Waals surface area contributed by atoms with Gasteiger partial charge in [0.1, 0.15) is 5.75 Å². The van der Waals surface area contributed by atoms with Crippen molar-refractivity contribution in [1.82, 2.24) is 0 Å². The number of benzene rings is 2. The van der Waals surface area contributed by atoms with Crippen LogP contribution in [0.5, 0.6) is 5.75 Å². The molecular weight excluding hydrogens is 248 g/mol. The summed E-state index contributed by atoms with van der Waals surface area (Å²) in [4.78, 5) is 11.9. The molecule has 18 heavy (non-hydrogen) atoms. The van der Waals surface area contributed by atoms with E-state index in [-0.39, 0.29) is 5.78 Å². The maximum atomic E-state index is 11.9. The largest absolute Gasteiger partial charge is 0.493 e. The third-order valence-corrected chi connectivity index (χ3v) is 2.84. The number of halogens is 1. The molecule has 0 amide bonds. The number of ketones is 1. The molecule has 0 aliphatic heterocycles. The Balaban J connectivity index is 1.88. The van der Waals surface area contributed by atoms with E-state index in [0.717, 1.165) is 5.75 Å². The molecule has 0 bridgehead atoms. The number of ether oxygens (including phenoxy) is 1. The number of rotatable bonds is 5. The second-order valence-corrected chi connectivity index (χ2v) is 4.22. The second-order valence-electron chi connectivity index (χ2n) is 3.81.